The summed E-state index contributed by atoms with van der Waals surface area (Å²) in [5, 5.41) is 4.14. The van der Waals surface area contributed by atoms with E-state index < -0.39 is 6.04 Å². The zero-order valence-electron chi connectivity index (χ0n) is 10.7. The van der Waals surface area contributed by atoms with E-state index in [0.29, 0.717) is 12.0 Å². The lowest BCUT2D eigenvalue weighted by atomic mass is 10.0. The smallest absolute Gasteiger partial charge is 0.138 e. The number of aromatic nitrogens is 3. The molecule has 19 heavy (non-hydrogen) atoms. The zero-order chi connectivity index (χ0) is 13.8. The van der Waals surface area contributed by atoms with Crippen LogP contribution < -0.4 is 5.73 Å². The number of halogens is 2. The molecular weight excluding hydrogens is 311 g/mol. The SMILES string of the molecule is CCCn1ncnc1CC(N)c1cc(Br)ccc1F. The molecule has 102 valence electrons. The largest absolute Gasteiger partial charge is 0.323 e. The van der Waals surface area contributed by atoms with Crippen LogP contribution in [0.4, 0.5) is 4.39 Å². The summed E-state index contributed by atoms with van der Waals surface area (Å²) in [7, 11) is 0. The highest BCUT2D eigenvalue weighted by atomic mass is 79.9. The minimum Gasteiger partial charge on any atom is -0.323 e. The van der Waals surface area contributed by atoms with Crippen LogP contribution in [0.15, 0.2) is 29.0 Å². The van der Waals surface area contributed by atoms with Gasteiger partial charge in [-0.2, -0.15) is 5.10 Å². The molecule has 0 aliphatic heterocycles. The first kappa shape index (κ1) is 14.1. The van der Waals surface area contributed by atoms with Gasteiger partial charge in [0.15, 0.2) is 0 Å². The lowest BCUT2D eigenvalue weighted by Gasteiger charge is -2.13. The van der Waals surface area contributed by atoms with Crippen LogP contribution in [0.1, 0.15) is 30.8 Å². The molecule has 0 spiro atoms. The highest BCUT2D eigenvalue weighted by Gasteiger charge is 2.15. The molecule has 0 amide bonds. The normalized spacial score (nSPS) is 12.6. The van der Waals surface area contributed by atoms with E-state index in [1.54, 1.807) is 12.1 Å². The Morgan fingerprint density at radius 2 is 2.26 bits per heavy atom. The molecule has 0 fully saturated rings. The van der Waals surface area contributed by atoms with Crippen molar-refractivity contribution in [2.45, 2.75) is 32.4 Å². The first-order chi connectivity index (χ1) is 9.11. The molecular formula is C13H16BrFN4. The topological polar surface area (TPSA) is 56.7 Å². The van der Waals surface area contributed by atoms with Gasteiger partial charge in [0.05, 0.1) is 0 Å². The highest BCUT2D eigenvalue weighted by molar-refractivity contribution is 9.10. The second kappa shape index (κ2) is 6.25. The fraction of sp³-hybridized carbons (Fsp3) is 0.385. The van der Waals surface area contributed by atoms with Crippen molar-refractivity contribution in [1.29, 1.82) is 0 Å². The molecule has 1 atom stereocenters. The van der Waals surface area contributed by atoms with Gasteiger partial charge in [-0.1, -0.05) is 22.9 Å². The average molecular weight is 327 g/mol. The van der Waals surface area contributed by atoms with Gasteiger partial charge < -0.3 is 5.73 Å². The van der Waals surface area contributed by atoms with Crippen molar-refractivity contribution in [1.82, 2.24) is 14.8 Å². The van der Waals surface area contributed by atoms with Crippen molar-refractivity contribution in [3.05, 3.63) is 46.2 Å². The van der Waals surface area contributed by atoms with Gasteiger partial charge in [0.25, 0.3) is 0 Å². The minimum atomic E-state index is -0.433. The van der Waals surface area contributed by atoms with E-state index in [-0.39, 0.29) is 5.82 Å². The fourth-order valence-electron chi connectivity index (χ4n) is 1.95. The van der Waals surface area contributed by atoms with Crippen molar-refractivity contribution >= 4 is 15.9 Å². The molecule has 0 radical (unpaired) electrons. The Kier molecular flexibility index (Phi) is 4.66. The van der Waals surface area contributed by atoms with Crippen LogP contribution in [-0.4, -0.2) is 14.8 Å². The van der Waals surface area contributed by atoms with Crippen LogP contribution in [0.2, 0.25) is 0 Å². The van der Waals surface area contributed by atoms with E-state index in [0.717, 1.165) is 23.3 Å². The Labute approximate surface area is 120 Å². The molecule has 0 bridgehead atoms. The van der Waals surface area contributed by atoms with E-state index in [2.05, 4.69) is 32.9 Å². The number of aryl methyl sites for hydroxylation is 1. The number of rotatable bonds is 5. The molecule has 6 heteroatoms. The van der Waals surface area contributed by atoms with Crippen LogP contribution in [0.3, 0.4) is 0 Å². The van der Waals surface area contributed by atoms with Gasteiger partial charge in [0.1, 0.15) is 18.0 Å². The maximum Gasteiger partial charge on any atom is 0.138 e. The van der Waals surface area contributed by atoms with Crippen LogP contribution in [0.25, 0.3) is 0 Å². The van der Waals surface area contributed by atoms with Crippen LogP contribution in [0.5, 0.6) is 0 Å². The lowest BCUT2D eigenvalue weighted by molar-refractivity contribution is 0.533. The number of hydrogen-bond donors (Lipinski definition) is 1. The quantitative estimate of drug-likeness (QED) is 0.919. The molecule has 0 aliphatic rings. The van der Waals surface area contributed by atoms with E-state index in [1.165, 1.54) is 12.4 Å². The van der Waals surface area contributed by atoms with Gasteiger partial charge in [-0.25, -0.2) is 9.37 Å². The second-order valence-corrected chi connectivity index (χ2v) is 5.29. The zero-order valence-corrected chi connectivity index (χ0v) is 12.3. The summed E-state index contributed by atoms with van der Waals surface area (Å²) in [6, 6.07) is 4.35. The lowest BCUT2D eigenvalue weighted by Crippen LogP contribution is -2.18. The Bertz CT molecular complexity index is 555. The number of nitrogens with zero attached hydrogens (tertiary/aromatic N) is 3. The standard InChI is InChI=1S/C13H16BrFN4/c1-2-5-19-13(17-8-18-19)7-12(16)10-6-9(14)3-4-11(10)15/h3-4,6,8,12H,2,5,7,16H2,1H3. The van der Waals surface area contributed by atoms with E-state index in [1.807, 2.05) is 4.68 Å². The molecule has 4 nitrogen and oxygen atoms in total. The number of nitrogens with two attached hydrogens (primary N) is 1. The summed E-state index contributed by atoms with van der Waals surface area (Å²) in [5.41, 5.74) is 6.57. The van der Waals surface area contributed by atoms with Crippen molar-refractivity contribution in [3.8, 4) is 0 Å². The monoisotopic (exact) mass is 326 g/mol. The first-order valence-corrected chi connectivity index (χ1v) is 6.98. The molecule has 1 aromatic carbocycles. The fourth-order valence-corrected chi connectivity index (χ4v) is 2.33. The highest BCUT2D eigenvalue weighted by Crippen LogP contribution is 2.22. The van der Waals surface area contributed by atoms with Gasteiger partial charge in [0, 0.05) is 29.0 Å². The molecule has 0 saturated heterocycles. The third-order valence-corrected chi connectivity index (χ3v) is 3.38. The number of benzene rings is 1. The average Bonchev–Trinajstić information content (AvgIpc) is 2.80. The van der Waals surface area contributed by atoms with Gasteiger partial charge in [-0.3, -0.25) is 4.68 Å². The summed E-state index contributed by atoms with van der Waals surface area (Å²) >= 11 is 3.33. The Balaban J connectivity index is 2.18. The summed E-state index contributed by atoms with van der Waals surface area (Å²) in [6.07, 6.45) is 2.94. The maximum atomic E-state index is 13.8. The summed E-state index contributed by atoms with van der Waals surface area (Å²) in [6.45, 7) is 2.86. The van der Waals surface area contributed by atoms with Crippen LogP contribution in [0, 0.1) is 5.82 Å². The van der Waals surface area contributed by atoms with Gasteiger partial charge in [0.2, 0.25) is 0 Å². The maximum absolute atomic E-state index is 13.8. The summed E-state index contributed by atoms with van der Waals surface area (Å²) in [4.78, 5) is 4.19. The van der Waals surface area contributed by atoms with Crippen LogP contribution in [-0.2, 0) is 13.0 Å². The molecule has 2 rings (SSSR count). The Morgan fingerprint density at radius 3 is 3.00 bits per heavy atom. The summed E-state index contributed by atoms with van der Waals surface area (Å²) < 4.78 is 16.4. The Hall–Kier alpha value is -1.27. The predicted octanol–water partition coefficient (Wildman–Crippen LogP) is 2.83. The van der Waals surface area contributed by atoms with Crippen molar-refractivity contribution in [3.63, 3.8) is 0 Å². The molecule has 2 N–H and O–H groups in total. The molecule has 0 aliphatic carbocycles. The first-order valence-electron chi connectivity index (χ1n) is 6.19. The number of hydrogen-bond acceptors (Lipinski definition) is 3. The molecule has 2 aromatic rings. The van der Waals surface area contributed by atoms with E-state index in [9.17, 15) is 4.39 Å². The molecule has 0 saturated carbocycles. The van der Waals surface area contributed by atoms with Crippen LogP contribution >= 0.6 is 15.9 Å². The third kappa shape index (κ3) is 3.39. The van der Waals surface area contributed by atoms with E-state index in [4.69, 9.17) is 5.73 Å². The van der Waals surface area contributed by atoms with Crippen molar-refractivity contribution in [2.75, 3.05) is 0 Å². The van der Waals surface area contributed by atoms with Crippen molar-refractivity contribution in [2.24, 2.45) is 5.73 Å². The van der Waals surface area contributed by atoms with Gasteiger partial charge in [-0.15, -0.1) is 0 Å². The molecule has 1 aromatic heterocycles. The van der Waals surface area contributed by atoms with E-state index >= 15 is 0 Å². The molecule has 1 unspecified atom stereocenters. The Morgan fingerprint density at radius 1 is 1.47 bits per heavy atom. The van der Waals surface area contributed by atoms with Gasteiger partial charge in [-0.05, 0) is 24.6 Å². The van der Waals surface area contributed by atoms with Crippen molar-refractivity contribution < 1.29 is 4.39 Å². The third-order valence-electron chi connectivity index (χ3n) is 2.89. The minimum absolute atomic E-state index is 0.294. The molecule has 1 heterocycles. The summed E-state index contributed by atoms with van der Waals surface area (Å²) in [5.74, 6) is 0.492. The van der Waals surface area contributed by atoms with Gasteiger partial charge >= 0.3 is 0 Å². The second-order valence-electron chi connectivity index (χ2n) is 4.38. The predicted molar refractivity (Wildman–Crippen MR) is 75.0 cm³/mol.